The zero-order valence-corrected chi connectivity index (χ0v) is 8.69. The molecule has 70 valence electrons. The normalized spacial score (nSPS) is 16.1. The summed E-state index contributed by atoms with van der Waals surface area (Å²) in [7, 11) is -2.95. The summed E-state index contributed by atoms with van der Waals surface area (Å²) in [5.41, 5.74) is 0. The lowest BCUT2D eigenvalue weighted by molar-refractivity contribution is 0.608. The molecule has 12 heavy (non-hydrogen) atoms. The lowest BCUT2D eigenvalue weighted by atomic mass is 10.2. The van der Waals surface area contributed by atoms with E-state index in [4.69, 9.17) is 0 Å². The Kier molecular flexibility index (Phi) is 4.90. The fourth-order valence-electron chi connectivity index (χ4n) is 0.864. The van der Waals surface area contributed by atoms with E-state index in [1.807, 2.05) is 19.9 Å². The molecule has 1 aliphatic rings. The van der Waals surface area contributed by atoms with Gasteiger partial charge in [0.1, 0.15) is 0 Å². The molecule has 0 bridgehead atoms. The third-order valence-electron chi connectivity index (χ3n) is 1.39. The topological polar surface area (TPSA) is 34.1 Å². The van der Waals surface area contributed by atoms with Crippen LogP contribution in [-0.4, -0.2) is 14.7 Å². The minimum atomic E-state index is -2.95. The third kappa shape index (κ3) is 3.72. The highest BCUT2D eigenvalue weighted by Crippen LogP contribution is 2.13. The van der Waals surface area contributed by atoms with Gasteiger partial charge in [0.2, 0.25) is 0 Å². The molecule has 0 spiro atoms. The van der Waals surface area contributed by atoms with Gasteiger partial charge in [-0.25, -0.2) is 8.42 Å². The van der Waals surface area contributed by atoms with Crippen LogP contribution in [0.5, 0.6) is 0 Å². The highest BCUT2D eigenvalue weighted by Gasteiger charge is 2.08. The first kappa shape index (κ1) is 11.4. The maximum absolute atomic E-state index is 10.9. The fourth-order valence-corrected chi connectivity index (χ4v) is 1.63. The average Bonchev–Trinajstić information content (AvgIpc) is 2.08. The van der Waals surface area contributed by atoms with Crippen LogP contribution in [0, 0.1) is 0 Å². The molecule has 0 unspecified atom stereocenters. The molecule has 0 fully saturated rings. The fraction of sp³-hybridized carbons (Fsp3) is 0.556. The van der Waals surface area contributed by atoms with Gasteiger partial charge in [-0.05, 0) is 18.9 Å². The van der Waals surface area contributed by atoms with Crippen LogP contribution in [0.1, 0.15) is 26.7 Å². The van der Waals surface area contributed by atoms with E-state index in [2.05, 4.69) is 0 Å². The standard InChI is InChI=1S/C7H10O2S.C2H6/c1-10(8,9)7-5-3-2-4-6-7;1-2/h3,5-6H,2,4H2,1H3;1-2H3. The van der Waals surface area contributed by atoms with Crippen molar-refractivity contribution in [1.29, 1.82) is 0 Å². The van der Waals surface area contributed by atoms with Crippen molar-refractivity contribution in [1.82, 2.24) is 0 Å². The first-order chi connectivity index (χ1) is 5.61. The Labute approximate surface area is 74.9 Å². The number of hydrogen-bond donors (Lipinski definition) is 0. The quantitative estimate of drug-likeness (QED) is 0.632. The molecular weight excluding hydrogens is 172 g/mol. The molecule has 0 saturated heterocycles. The maximum Gasteiger partial charge on any atom is 0.175 e. The zero-order chi connectivity index (χ0) is 9.61. The number of rotatable bonds is 1. The van der Waals surface area contributed by atoms with Gasteiger partial charge in [0.15, 0.2) is 9.84 Å². The Morgan fingerprint density at radius 3 is 2.08 bits per heavy atom. The van der Waals surface area contributed by atoms with Crippen LogP contribution in [0.25, 0.3) is 0 Å². The van der Waals surface area contributed by atoms with Crippen LogP contribution in [0.15, 0.2) is 23.1 Å². The van der Waals surface area contributed by atoms with Crippen molar-refractivity contribution in [3.8, 4) is 0 Å². The third-order valence-corrected chi connectivity index (χ3v) is 2.55. The van der Waals surface area contributed by atoms with Gasteiger partial charge in [-0.2, -0.15) is 0 Å². The van der Waals surface area contributed by atoms with Gasteiger partial charge in [-0.15, -0.1) is 0 Å². The summed E-state index contributed by atoms with van der Waals surface area (Å²) in [6, 6.07) is 0. The molecular formula is C9H16O2S. The van der Waals surface area contributed by atoms with Crippen LogP contribution in [-0.2, 0) is 9.84 Å². The Morgan fingerprint density at radius 1 is 1.25 bits per heavy atom. The summed E-state index contributed by atoms with van der Waals surface area (Å²) < 4.78 is 21.7. The molecule has 3 heteroatoms. The Bertz CT molecular complexity index is 271. The molecule has 0 aromatic rings. The van der Waals surface area contributed by atoms with Crippen molar-refractivity contribution < 1.29 is 8.42 Å². The van der Waals surface area contributed by atoms with Crippen molar-refractivity contribution >= 4 is 9.84 Å². The Morgan fingerprint density at radius 2 is 1.83 bits per heavy atom. The molecule has 1 rings (SSSR count). The molecule has 2 nitrogen and oxygen atoms in total. The van der Waals surface area contributed by atoms with Crippen molar-refractivity contribution in [2.75, 3.05) is 6.26 Å². The van der Waals surface area contributed by atoms with Gasteiger partial charge in [0, 0.05) is 6.26 Å². The van der Waals surface area contributed by atoms with Gasteiger partial charge in [0.25, 0.3) is 0 Å². The molecule has 0 heterocycles. The van der Waals surface area contributed by atoms with Crippen molar-refractivity contribution in [2.24, 2.45) is 0 Å². The van der Waals surface area contributed by atoms with Crippen LogP contribution < -0.4 is 0 Å². The monoisotopic (exact) mass is 188 g/mol. The molecule has 0 radical (unpaired) electrons. The predicted octanol–water partition coefficient (Wildman–Crippen LogP) is 2.29. The summed E-state index contributed by atoms with van der Waals surface area (Å²) in [4.78, 5) is 0.457. The lowest BCUT2D eigenvalue weighted by Gasteiger charge is -2.02. The summed E-state index contributed by atoms with van der Waals surface area (Å²) in [5, 5.41) is 0. The van der Waals surface area contributed by atoms with Gasteiger partial charge in [-0.3, -0.25) is 0 Å². The van der Waals surface area contributed by atoms with E-state index in [-0.39, 0.29) is 0 Å². The molecule has 0 N–H and O–H groups in total. The summed E-state index contributed by atoms with van der Waals surface area (Å²) in [6.45, 7) is 4.00. The summed E-state index contributed by atoms with van der Waals surface area (Å²) >= 11 is 0. The second-order valence-electron chi connectivity index (χ2n) is 2.36. The first-order valence-electron chi connectivity index (χ1n) is 4.17. The second-order valence-corrected chi connectivity index (χ2v) is 4.37. The van der Waals surface area contributed by atoms with E-state index in [1.165, 1.54) is 6.26 Å². The maximum atomic E-state index is 10.9. The van der Waals surface area contributed by atoms with E-state index in [0.717, 1.165) is 12.8 Å². The van der Waals surface area contributed by atoms with Gasteiger partial charge in [0.05, 0.1) is 4.91 Å². The van der Waals surface area contributed by atoms with Gasteiger partial charge >= 0.3 is 0 Å². The van der Waals surface area contributed by atoms with Gasteiger partial charge < -0.3 is 0 Å². The second kappa shape index (κ2) is 5.14. The van der Waals surface area contributed by atoms with E-state index in [1.54, 1.807) is 12.2 Å². The SMILES string of the molecule is CC.CS(=O)(=O)C1=CCCC=C1. The zero-order valence-electron chi connectivity index (χ0n) is 7.87. The van der Waals surface area contributed by atoms with E-state index < -0.39 is 9.84 Å². The van der Waals surface area contributed by atoms with E-state index in [0.29, 0.717) is 4.91 Å². The van der Waals surface area contributed by atoms with E-state index >= 15 is 0 Å². The average molecular weight is 188 g/mol. The van der Waals surface area contributed by atoms with Crippen LogP contribution in [0.2, 0.25) is 0 Å². The molecule has 1 aliphatic carbocycles. The molecule has 0 aromatic heterocycles. The molecule has 0 atom stereocenters. The summed E-state index contributed by atoms with van der Waals surface area (Å²) in [6.07, 6.45) is 8.34. The van der Waals surface area contributed by atoms with E-state index in [9.17, 15) is 8.42 Å². The molecule has 0 aliphatic heterocycles. The molecule has 0 aromatic carbocycles. The van der Waals surface area contributed by atoms with Crippen molar-refractivity contribution in [3.63, 3.8) is 0 Å². The highest BCUT2D eigenvalue weighted by atomic mass is 32.2. The smallest absolute Gasteiger partial charge is 0.175 e. The Balaban J connectivity index is 0.000000561. The minimum absolute atomic E-state index is 0.457. The minimum Gasteiger partial charge on any atom is -0.224 e. The van der Waals surface area contributed by atoms with Crippen LogP contribution in [0.3, 0.4) is 0 Å². The largest absolute Gasteiger partial charge is 0.224 e. The Hall–Kier alpha value is -0.570. The highest BCUT2D eigenvalue weighted by molar-refractivity contribution is 7.94. The molecule has 0 saturated carbocycles. The molecule has 0 amide bonds. The number of allylic oxidation sites excluding steroid dienone is 3. The van der Waals surface area contributed by atoms with Crippen molar-refractivity contribution in [2.45, 2.75) is 26.7 Å². The summed E-state index contributed by atoms with van der Waals surface area (Å²) in [5.74, 6) is 0. The van der Waals surface area contributed by atoms with Crippen LogP contribution >= 0.6 is 0 Å². The lowest BCUT2D eigenvalue weighted by Crippen LogP contribution is -1.99. The van der Waals surface area contributed by atoms with Crippen molar-refractivity contribution in [3.05, 3.63) is 23.1 Å². The number of hydrogen-bond acceptors (Lipinski definition) is 2. The van der Waals surface area contributed by atoms with Gasteiger partial charge in [-0.1, -0.05) is 26.0 Å². The van der Waals surface area contributed by atoms with Crippen LogP contribution in [0.4, 0.5) is 0 Å². The predicted molar refractivity (Wildman–Crippen MR) is 52.6 cm³/mol. The number of sulfone groups is 1. The first-order valence-corrected chi connectivity index (χ1v) is 6.06.